The van der Waals surface area contributed by atoms with Crippen LogP contribution >= 0.6 is 11.3 Å². The first-order valence-electron chi connectivity index (χ1n) is 5.37. The average molecular weight is 236 g/mol. The van der Waals surface area contributed by atoms with Gasteiger partial charge in [0.1, 0.15) is 10.6 Å². The number of hydrogen-bond donors (Lipinski definition) is 2. The van der Waals surface area contributed by atoms with Gasteiger partial charge in [0.05, 0.1) is 5.39 Å². The predicted octanol–water partition coefficient (Wildman–Crippen LogP) is 2.80. The lowest BCUT2D eigenvalue weighted by molar-refractivity contribution is 0.687. The highest BCUT2D eigenvalue weighted by Gasteiger charge is 2.07. The van der Waals surface area contributed by atoms with E-state index in [0.717, 1.165) is 22.6 Å². The molecule has 4 nitrogen and oxygen atoms in total. The van der Waals surface area contributed by atoms with Gasteiger partial charge in [0.15, 0.2) is 0 Å². The van der Waals surface area contributed by atoms with Crippen LogP contribution in [0, 0.1) is 5.92 Å². The Labute approximate surface area is 99.1 Å². The molecule has 2 N–H and O–H groups in total. The molecule has 0 bridgehead atoms. The summed E-state index contributed by atoms with van der Waals surface area (Å²) in [6.07, 6.45) is 0. The van der Waals surface area contributed by atoms with Gasteiger partial charge in [-0.1, -0.05) is 13.8 Å². The molecule has 0 amide bonds. The van der Waals surface area contributed by atoms with Crippen molar-refractivity contribution < 1.29 is 0 Å². The first-order valence-corrected chi connectivity index (χ1v) is 6.25. The molecule has 0 aromatic carbocycles. The normalized spacial score (nSPS) is 11.0. The smallest absolute Gasteiger partial charge is 0.225 e. The van der Waals surface area contributed by atoms with Crippen molar-refractivity contribution in [1.29, 1.82) is 0 Å². The van der Waals surface area contributed by atoms with Crippen LogP contribution in [0.2, 0.25) is 0 Å². The Kier molecular flexibility index (Phi) is 3.24. The zero-order chi connectivity index (χ0) is 11.5. The van der Waals surface area contributed by atoms with E-state index in [0.29, 0.717) is 11.9 Å². The highest BCUT2D eigenvalue weighted by molar-refractivity contribution is 7.16. The van der Waals surface area contributed by atoms with Crippen molar-refractivity contribution in [3.8, 4) is 0 Å². The van der Waals surface area contributed by atoms with Gasteiger partial charge in [-0.2, -0.15) is 4.98 Å². The number of anilines is 2. The van der Waals surface area contributed by atoms with E-state index in [9.17, 15) is 0 Å². The van der Waals surface area contributed by atoms with Crippen molar-refractivity contribution in [3.63, 3.8) is 0 Å². The SMILES string of the molecule is CNc1nc(NCC(C)C)c2ccsc2n1. The van der Waals surface area contributed by atoms with Gasteiger partial charge in [-0.3, -0.25) is 0 Å². The molecule has 0 saturated carbocycles. The second-order valence-electron chi connectivity index (χ2n) is 4.06. The Balaban J connectivity index is 2.36. The van der Waals surface area contributed by atoms with Crippen molar-refractivity contribution in [2.45, 2.75) is 13.8 Å². The van der Waals surface area contributed by atoms with E-state index < -0.39 is 0 Å². The van der Waals surface area contributed by atoms with Gasteiger partial charge in [-0.05, 0) is 17.4 Å². The van der Waals surface area contributed by atoms with Gasteiger partial charge in [-0.15, -0.1) is 11.3 Å². The second-order valence-corrected chi connectivity index (χ2v) is 4.95. The number of nitrogens with one attached hydrogen (secondary N) is 2. The first-order chi connectivity index (χ1) is 7.70. The molecule has 0 radical (unpaired) electrons. The molecule has 16 heavy (non-hydrogen) atoms. The average Bonchev–Trinajstić information content (AvgIpc) is 2.73. The summed E-state index contributed by atoms with van der Waals surface area (Å²) in [5.41, 5.74) is 0. The lowest BCUT2D eigenvalue weighted by Gasteiger charge is -2.10. The van der Waals surface area contributed by atoms with Gasteiger partial charge >= 0.3 is 0 Å². The fraction of sp³-hybridized carbons (Fsp3) is 0.455. The molecular weight excluding hydrogens is 220 g/mol. The van der Waals surface area contributed by atoms with E-state index in [4.69, 9.17) is 0 Å². The summed E-state index contributed by atoms with van der Waals surface area (Å²) in [6.45, 7) is 5.28. The predicted molar refractivity (Wildman–Crippen MR) is 70.3 cm³/mol. The molecule has 0 aliphatic rings. The van der Waals surface area contributed by atoms with E-state index in [-0.39, 0.29) is 0 Å². The third kappa shape index (κ3) is 2.24. The van der Waals surface area contributed by atoms with E-state index in [2.05, 4.69) is 40.5 Å². The monoisotopic (exact) mass is 236 g/mol. The van der Waals surface area contributed by atoms with Gasteiger partial charge in [0, 0.05) is 13.6 Å². The van der Waals surface area contributed by atoms with Crippen molar-refractivity contribution in [2.24, 2.45) is 5.92 Å². The van der Waals surface area contributed by atoms with Gasteiger partial charge in [0.2, 0.25) is 5.95 Å². The first kappa shape index (κ1) is 11.1. The zero-order valence-electron chi connectivity index (χ0n) is 9.74. The molecule has 2 aromatic rings. The maximum atomic E-state index is 4.44. The zero-order valence-corrected chi connectivity index (χ0v) is 10.6. The molecule has 2 aromatic heterocycles. The van der Waals surface area contributed by atoms with Crippen LogP contribution < -0.4 is 10.6 Å². The van der Waals surface area contributed by atoms with Crippen molar-refractivity contribution in [2.75, 3.05) is 24.2 Å². The number of nitrogens with zero attached hydrogens (tertiary/aromatic N) is 2. The molecule has 0 atom stereocenters. The summed E-state index contributed by atoms with van der Waals surface area (Å²) in [5, 5.41) is 9.49. The minimum absolute atomic E-state index is 0.599. The summed E-state index contributed by atoms with van der Waals surface area (Å²) in [5.74, 6) is 2.19. The Morgan fingerprint density at radius 2 is 2.19 bits per heavy atom. The molecular formula is C11H16N4S. The van der Waals surface area contributed by atoms with E-state index in [1.54, 1.807) is 11.3 Å². The molecule has 86 valence electrons. The van der Waals surface area contributed by atoms with Crippen LogP contribution in [-0.2, 0) is 0 Å². The van der Waals surface area contributed by atoms with Crippen LogP contribution in [-0.4, -0.2) is 23.6 Å². The molecule has 0 aliphatic heterocycles. The standard InChI is InChI=1S/C11H16N4S/c1-7(2)6-13-9-8-4-5-16-10(8)15-11(12-3)14-9/h4-5,7H,6H2,1-3H3,(H2,12,13,14,15). The second kappa shape index (κ2) is 4.65. The minimum atomic E-state index is 0.599. The third-order valence-electron chi connectivity index (χ3n) is 2.23. The van der Waals surface area contributed by atoms with Gasteiger partial charge < -0.3 is 10.6 Å². The summed E-state index contributed by atoms with van der Waals surface area (Å²) < 4.78 is 0. The number of rotatable bonds is 4. The quantitative estimate of drug-likeness (QED) is 0.857. The molecule has 5 heteroatoms. The number of thiophene rings is 1. The number of hydrogen-bond acceptors (Lipinski definition) is 5. The highest BCUT2D eigenvalue weighted by Crippen LogP contribution is 2.26. The molecule has 0 spiro atoms. The Bertz CT molecular complexity index is 478. The maximum absolute atomic E-state index is 4.44. The van der Waals surface area contributed by atoms with Crippen molar-refractivity contribution in [1.82, 2.24) is 9.97 Å². The molecule has 0 fully saturated rings. The lowest BCUT2D eigenvalue weighted by atomic mass is 10.2. The van der Waals surface area contributed by atoms with E-state index in [1.807, 2.05) is 12.4 Å². The Morgan fingerprint density at radius 1 is 1.38 bits per heavy atom. The summed E-state index contributed by atoms with van der Waals surface area (Å²) in [6, 6.07) is 2.06. The fourth-order valence-corrected chi connectivity index (χ4v) is 2.17. The molecule has 0 unspecified atom stereocenters. The highest BCUT2D eigenvalue weighted by atomic mass is 32.1. The van der Waals surface area contributed by atoms with Crippen LogP contribution in [0.4, 0.5) is 11.8 Å². The van der Waals surface area contributed by atoms with Crippen LogP contribution in [0.1, 0.15) is 13.8 Å². The van der Waals surface area contributed by atoms with Crippen LogP contribution in [0.15, 0.2) is 11.4 Å². The molecule has 2 heterocycles. The Hall–Kier alpha value is -1.36. The van der Waals surface area contributed by atoms with Crippen LogP contribution in [0.3, 0.4) is 0 Å². The van der Waals surface area contributed by atoms with E-state index >= 15 is 0 Å². The summed E-state index contributed by atoms with van der Waals surface area (Å²) >= 11 is 1.63. The topological polar surface area (TPSA) is 49.8 Å². The number of fused-ring (bicyclic) bond motifs is 1. The Morgan fingerprint density at radius 3 is 2.88 bits per heavy atom. The molecule has 2 rings (SSSR count). The van der Waals surface area contributed by atoms with Crippen molar-refractivity contribution in [3.05, 3.63) is 11.4 Å². The van der Waals surface area contributed by atoms with Crippen LogP contribution in [0.5, 0.6) is 0 Å². The molecule has 0 saturated heterocycles. The summed E-state index contributed by atoms with van der Waals surface area (Å²) in [7, 11) is 1.83. The third-order valence-corrected chi connectivity index (χ3v) is 3.03. The largest absolute Gasteiger partial charge is 0.369 e. The number of aromatic nitrogens is 2. The fourth-order valence-electron chi connectivity index (χ4n) is 1.40. The van der Waals surface area contributed by atoms with E-state index in [1.165, 1.54) is 0 Å². The van der Waals surface area contributed by atoms with Crippen molar-refractivity contribution >= 4 is 33.3 Å². The molecule has 0 aliphatic carbocycles. The lowest BCUT2D eigenvalue weighted by Crippen LogP contribution is -2.10. The maximum Gasteiger partial charge on any atom is 0.225 e. The minimum Gasteiger partial charge on any atom is -0.369 e. The van der Waals surface area contributed by atoms with Gasteiger partial charge in [-0.25, -0.2) is 4.98 Å². The summed E-state index contributed by atoms with van der Waals surface area (Å²) in [4.78, 5) is 9.85. The van der Waals surface area contributed by atoms with Gasteiger partial charge in [0.25, 0.3) is 0 Å². The van der Waals surface area contributed by atoms with Crippen LogP contribution in [0.25, 0.3) is 10.2 Å².